The topological polar surface area (TPSA) is 38.7 Å². The average molecular weight is 306 g/mol. The smallest absolute Gasteiger partial charge is 0.0247 e. The van der Waals surface area contributed by atoms with Crippen LogP contribution in [0.25, 0.3) is 0 Å². The molecule has 0 aromatic carbocycles. The van der Waals surface area contributed by atoms with Crippen LogP contribution < -0.4 is 0 Å². The van der Waals surface area contributed by atoms with E-state index >= 15 is 0 Å². The number of hydrogen-bond donors (Lipinski definition) is 0. The third-order valence-corrected chi connectivity index (χ3v) is 0.998. The predicted molar refractivity (Wildman–Crippen MR) is 32.8 cm³/mol. The summed E-state index contributed by atoms with van der Waals surface area (Å²) in [6.45, 7) is 3.83. The molecule has 4 heteroatoms. The number of hydrogen-bond acceptors (Lipinski definition) is 3. The van der Waals surface area contributed by atoms with Crippen LogP contribution in [-0.4, -0.2) is 15.0 Å². The second-order valence-corrected chi connectivity index (χ2v) is 1.75. The van der Waals surface area contributed by atoms with Crippen LogP contribution in [0.3, 0.4) is 0 Å². The minimum Gasteiger partial charge on any atom is -0.353 e. The van der Waals surface area contributed by atoms with Crippen molar-refractivity contribution in [1.82, 2.24) is 15.0 Å². The van der Waals surface area contributed by atoms with Crippen LogP contribution in [0.4, 0.5) is 0 Å². The van der Waals surface area contributed by atoms with Gasteiger partial charge in [-0.25, -0.2) is 0 Å². The molecule has 0 saturated carbocycles. The van der Waals surface area contributed by atoms with Gasteiger partial charge in [-0.1, -0.05) is 13.8 Å². The second-order valence-electron chi connectivity index (χ2n) is 1.75. The molecule has 1 aromatic heterocycles. The molecule has 0 unspecified atom stereocenters. The van der Waals surface area contributed by atoms with Crippen LogP contribution in [0.1, 0.15) is 18.6 Å². The maximum Gasteiger partial charge on any atom is 0.0247 e. The maximum atomic E-state index is 4.04. The Morgan fingerprint density at radius 1 is 1.40 bits per heavy atom. The molecule has 10 heavy (non-hydrogen) atoms. The van der Waals surface area contributed by atoms with Gasteiger partial charge in [0.2, 0.25) is 0 Å². The molecular formula is C6H8N3W-. The van der Waals surface area contributed by atoms with Gasteiger partial charge >= 0.3 is 0 Å². The Labute approximate surface area is 74.6 Å². The van der Waals surface area contributed by atoms with Gasteiger partial charge in [-0.2, -0.15) is 0 Å². The summed E-state index contributed by atoms with van der Waals surface area (Å²) in [6.07, 6.45) is 3.36. The molecule has 0 aliphatic rings. The molecular weight excluding hydrogens is 298 g/mol. The summed E-state index contributed by atoms with van der Waals surface area (Å²) in [5.41, 5.74) is 0. The maximum absolute atomic E-state index is 4.04. The van der Waals surface area contributed by atoms with Crippen molar-refractivity contribution in [3.05, 3.63) is 18.0 Å². The Hall–Kier alpha value is -0.302. The van der Waals surface area contributed by atoms with Gasteiger partial charge in [-0.15, -0.1) is 0 Å². The molecule has 1 aromatic rings. The third kappa shape index (κ3) is 2.52. The summed E-state index contributed by atoms with van der Waals surface area (Å²) in [4.78, 5) is 11.6. The van der Waals surface area contributed by atoms with Crippen molar-refractivity contribution in [2.24, 2.45) is 0 Å². The monoisotopic (exact) mass is 306 g/mol. The molecule has 0 spiro atoms. The molecule has 0 atom stereocenters. The third-order valence-electron chi connectivity index (χ3n) is 0.998. The van der Waals surface area contributed by atoms with E-state index in [-0.39, 0.29) is 21.1 Å². The van der Waals surface area contributed by atoms with Crippen molar-refractivity contribution < 1.29 is 21.1 Å². The minimum absolute atomic E-state index is 0. The van der Waals surface area contributed by atoms with Gasteiger partial charge in [-0.3, -0.25) is 0 Å². The van der Waals surface area contributed by atoms with Gasteiger partial charge in [-0.05, 0) is 6.42 Å². The quantitative estimate of drug-likeness (QED) is 0.711. The van der Waals surface area contributed by atoms with Gasteiger partial charge in [0.25, 0.3) is 0 Å². The number of aromatic nitrogens is 3. The molecule has 3 nitrogen and oxygen atoms in total. The Morgan fingerprint density at radius 3 is 2.50 bits per heavy atom. The second kappa shape index (κ2) is 4.50. The zero-order valence-electron chi connectivity index (χ0n) is 5.96. The number of aryl methyl sites for hydroxylation is 2. The van der Waals surface area contributed by atoms with Crippen molar-refractivity contribution in [1.29, 1.82) is 0 Å². The van der Waals surface area contributed by atoms with Crippen LogP contribution >= 0.6 is 0 Å². The van der Waals surface area contributed by atoms with E-state index in [1.807, 2.05) is 13.8 Å². The molecule has 0 radical (unpaired) electrons. The molecule has 0 N–H and O–H groups in total. The first-order chi connectivity index (χ1) is 4.33. The summed E-state index contributed by atoms with van der Waals surface area (Å²) in [5, 5.41) is 0. The van der Waals surface area contributed by atoms with Gasteiger partial charge in [0.15, 0.2) is 0 Å². The van der Waals surface area contributed by atoms with Crippen molar-refractivity contribution in [2.45, 2.75) is 20.3 Å². The van der Waals surface area contributed by atoms with Crippen molar-refractivity contribution >= 4 is 0 Å². The van der Waals surface area contributed by atoms with E-state index in [1.54, 1.807) is 0 Å². The SMILES string of the molecule is CCc1n[c-]nc(C)n1.[W]. The molecule has 0 bridgehead atoms. The van der Waals surface area contributed by atoms with Gasteiger partial charge < -0.3 is 15.0 Å². The Bertz CT molecular complexity index is 202. The summed E-state index contributed by atoms with van der Waals surface area (Å²) >= 11 is 0. The molecule has 1 rings (SSSR count). The van der Waals surface area contributed by atoms with E-state index in [0.717, 1.165) is 18.1 Å². The average Bonchev–Trinajstić information content (AvgIpc) is 1.88. The van der Waals surface area contributed by atoms with Crippen LogP contribution in [0.5, 0.6) is 0 Å². The van der Waals surface area contributed by atoms with Crippen molar-refractivity contribution in [2.75, 3.05) is 0 Å². The summed E-state index contributed by atoms with van der Waals surface area (Å²) < 4.78 is 0. The molecule has 1 heterocycles. The zero-order valence-corrected chi connectivity index (χ0v) is 8.89. The fourth-order valence-corrected chi connectivity index (χ4v) is 0.550. The molecule has 0 aliphatic heterocycles. The molecule has 0 saturated heterocycles. The van der Waals surface area contributed by atoms with E-state index in [1.165, 1.54) is 0 Å². The van der Waals surface area contributed by atoms with Gasteiger partial charge in [0.1, 0.15) is 0 Å². The van der Waals surface area contributed by atoms with E-state index in [0.29, 0.717) is 0 Å². The first-order valence-corrected chi connectivity index (χ1v) is 2.90. The van der Waals surface area contributed by atoms with Crippen LogP contribution in [0.2, 0.25) is 0 Å². The molecule has 0 fully saturated rings. The largest absolute Gasteiger partial charge is 0.353 e. The summed E-state index contributed by atoms with van der Waals surface area (Å²) in [5.74, 6) is 1.55. The normalized spacial score (nSPS) is 8.60. The number of nitrogens with zero attached hydrogens (tertiary/aromatic N) is 3. The molecule has 0 aliphatic carbocycles. The summed E-state index contributed by atoms with van der Waals surface area (Å²) in [7, 11) is 0. The zero-order chi connectivity index (χ0) is 6.69. The fraction of sp³-hybridized carbons (Fsp3) is 0.500. The van der Waals surface area contributed by atoms with E-state index in [9.17, 15) is 0 Å². The minimum atomic E-state index is 0. The van der Waals surface area contributed by atoms with Crippen molar-refractivity contribution in [3.63, 3.8) is 0 Å². The van der Waals surface area contributed by atoms with Crippen LogP contribution in [-0.2, 0) is 27.5 Å². The van der Waals surface area contributed by atoms with E-state index < -0.39 is 0 Å². The first-order valence-electron chi connectivity index (χ1n) is 2.90. The Balaban J connectivity index is 0.000000810. The Kier molecular flexibility index (Phi) is 4.37. The standard InChI is InChI=1S/C6H8N3.W/c1-3-6-8-4-7-5(2)9-6;/h3H2,1-2H3;/q-1;. The summed E-state index contributed by atoms with van der Waals surface area (Å²) in [6, 6.07) is 0. The predicted octanol–water partition coefficient (Wildman–Crippen LogP) is 0.540. The van der Waals surface area contributed by atoms with Gasteiger partial charge in [0.05, 0.1) is 0 Å². The van der Waals surface area contributed by atoms with Crippen LogP contribution in [0.15, 0.2) is 0 Å². The number of rotatable bonds is 1. The van der Waals surface area contributed by atoms with Crippen LogP contribution in [0, 0.1) is 13.3 Å². The fourth-order valence-electron chi connectivity index (χ4n) is 0.550. The van der Waals surface area contributed by atoms with E-state index in [2.05, 4.69) is 21.3 Å². The van der Waals surface area contributed by atoms with Crippen molar-refractivity contribution in [3.8, 4) is 0 Å². The van der Waals surface area contributed by atoms with E-state index in [4.69, 9.17) is 0 Å². The first kappa shape index (κ1) is 9.70. The molecule has 54 valence electrons. The van der Waals surface area contributed by atoms with Gasteiger partial charge in [0, 0.05) is 39.0 Å². The molecule has 0 amide bonds. The Morgan fingerprint density at radius 2 is 2.10 bits per heavy atom.